The van der Waals surface area contributed by atoms with Crippen LogP contribution in [0.3, 0.4) is 0 Å². The van der Waals surface area contributed by atoms with Crippen molar-refractivity contribution in [2.75, 3.05) is 21.3 Å². The molecule has 0 radical (unpaired) electrons. The third kappa shape index (κ3) is 3.73. The maximum Gasteiger partial charge on any atom is 0.340 e. The molecule has 0 aliphatic rings. The van der Waals surface area contributed by atoms with Gasteiger partial charge in [0.25, 0.3) is 0 Å². The highest BCUT2D eigenvalue weighted by atomic mass is 16.7. The van der Waals surface area contributed by atoms with Gasteiger partial charge in [-0.3, -0.25) is 0 Å². The first-order chi connectivity index (χ1) is 13.0. The highest BCUT2D eigenvalue weighted by molar-refractivity contribution is 5.98. The Hall–Kier alpha value is -3.82. The van der Waals surface area contributed by atoms with Crippen molar-refractivity contribution in [1.29, 1.82) is 0 Å². The number of aromatic carboxylic acids is 1. The van der Waals surface area contributed by atoms with Gasteiger partial charge >= 0.3 is 12.0 Å². The highest BCUT2D eigenvalue weighted by Gasteiger charge is 2.21. The van der Waals surface area contributed by atoms with Crippen molar-refractivity contribution in [2.45, 2.75) is 0 Å². The summed E-state index contributed by atoms with van der Waals surface area (Å²) in [6, 6.07) is 6.15. The molecule has 0 atom stereocenters. The molecule has 2 heterocycles. The number of benzene rings is 1. The summed E-state index contributed by atoms with van der Waals surface area (Å²) in [5.74, 6) is -0.696. The van der Waals surface area contributed by atoms with Gasteiger partial charge in [0.1, 0.15) is 18.4 Å². The largest absolute Gasteiger partial charge is 0.481 e. The number of methoxy groups -OCH3 is 2. The van der Waals surface area contributed by atoms with Crippen molar-refractivity contribution >= 4 is 5.97 Å². The van der Waals surface area contributed by atoms with Crippen molar-refractivity contribution < 1.29 is 28.9 Å². The smallest absolute Gasteiger partial charge is 0.340 e. The topological polar surface area (TPSA) is 118 Å². The van der Waals surface area contributed by atoms with Crippen LogP contribution >= 0.6 is 0 Å². The number of aromatic nitrogens is 4. The van der Waals surface area contributed by atoms with E-state index in [1.54, 1.807) is 18.3 Å². The number of ether oxygens (including phenoxy) is 3. The second kappa shape index (κ2) is 7.60. The third-order valence-corrected chi connectivity index (χ3v) is 3.58. The van der Waals surface area contributed by atoms with Crippen LogP contribution in [0.1, 0.15) is 10.4 Å². The summed E-state index contributed by atoms with van der Waals surface area (Å²) in [6.45, 7) is 0. The average molecular weight is 372 g/mol. The Labute approximate surface area is 153 Å². The molecule has 0 spiro atoms. The summed E-state index contributed by atoms with van der Waals surface area (Å²) in [4.78, 5) is 26.2. The lowest BCUT2D eigenvalue weighted by molar-refractivity contribution is 0.0695. The molecule has 0 bridgehead atoms. The van der Waals surface area contributed by atoms with Crippen LogP contribution in [-0.4, -0.2) is 52.3 Å². The van der Waals surface area contributed by atoms with E-state index >= 15 is 0 Å². The molecule has 140 valence electrons. The first-order valence-corrected chi connectivity index (χ1v) is 7.66. The van der Waals surface area contributed by atoms with Gasteiger partial charge in [-0.1, -0.05) is 12.1 Å². The standard InChI is InChI=1S/C17H16N4O6/c1-24-13-7-14(25-2)20-17(19-13)27-12-6-4-5-11(15(12)16(22)23)10-8-18-21(9-10)26-3/h4-9H,1-3H3,(H,22,23). The van der Waals surface area contributed by atoms with Crippen LogP contribution in [-0.2, 0) is 0 Å². The molecule has 1 N–H and O–H groups in total. The van der Waals surface area contributed by atoms with Gasteiger partial charge in [-0.2, -0.15) is 9.97 Å². The number of carboxylic acid groups (broad SMARTS) is 1. The number of hydrogen-bond acceptors (Lipinski definition) is 8. The maximum atomic E-state index is 11.9. The lowest BCUT2D eigenvalue weighted by Crippen LogP contribution is -2.05. The zero-order valence-corrected chi connectivity index (χ0v) is 14.7. The number of carboxylic acids is 1. The van der Waals surface area contributed by atoms with E-state index in [1.165, 1.54) is 44.5 Å². The zero-order valence-electron chi connectivity index (χ0n) is 14.7. The third-order valence-electron chi connectivity index (χ3n) is 3.58. The predicted molar refractivity (Wildman–Crippen MR) is 92.3 cm³/mol. The molecule has 0 unspecified atom stereocenters. The SMILES string of the molecule is COc1cc(OC)nc(Oc2cccc(-c3cnn(OC)c3)c2C(=O)O)n1. The number of rotatable bonds is 7. The molecule has 27 heavy (non-hydrogen) atoms. The molecule has 10 heteroatoms. The molecular formula is C17H16N4O6. The number of hydrogen-bond donors (Lipinski definition) is 1. The molecule has 3 aromatic rings. The molecule has 0 aliphatic heterocycles. The van der Waals surface area contributed by atoms with Gasteiger partial charge in [-0.25, -0.2) is 4.79 Å². The van der Waals surface area contributed by atoms with Gasteiger partial charge in [-0.15, -0.1) is 9.94 Å². The summed E-state index contributed by atoms with van der Waals surface area (Å²) in [6.07, 6.45) is 3.04. The van der Waals surface area contributed by atoms with Crippen molar-refractivity contribution in [3.8, 4) is 34.6 Å². The van der Waals surface area contributed by atoms with Crippen molar-refractivity contribution in [3.63, 3.8) is 0 Å². The second-order valence-corrected chi connectivity index (χ2v) is 5.14. The van der Waals surface area contributed by atoms with Crippen LogP contribution in [0.15, 0.2) is 36.7 Å². The van der Waals surface area contributed by atoms with Crippen LogP contribution in [0.2, 0.25) is 0 Å². The minimum atomic E-state index is -1.18. The normalized spacial score (nSPS) is 10.3. The first-order valence-electron chi connectivity index (χ1n) is 7.66. The fourth-order valence-corrected chi connectivity index (χ4v) is 2.36. The van der Waals surface area contributed by atoms with E-state index in [0.29, 0.717) is 11.1 Å². The number of nitrogens with zero attached hydrogens (tertiary/aromatic N) is 4. The van der Waals surface area contributed by atoms with Crippen LogP contribution in [0.25, 0.3) is 11.1 Å². The fourth-order valence-electron chi connectivity index (χ4n) is 2.36. The Morgan fingerprint density at radius 2 is 1.81 bits per heavy atom. The Bertz CT molecular complexity index is 950. The summed E-state index contributed by atoms with van der Waals surface area (Å²) >= 11 is 0. The quantitative estimate of drug-likeness (QED) is 0.663. The molecule has 0 saturated carbocycles. The first kappa shape index (κ1) is 18.0. The van der Waals surface area contributed by atoms with Gasteiger partial charge in [0.2, 0.25) is 11.8 Å². The van der Waals surface area contributed by atoms with Gasteiger partial charge < -0.3 is 24.2 Å². The van der Waals surface area contributed by atoms with E-state index in [9.17, 15) is 9.90 Å². The zero-order chi connectivity index (χ0) is 19.4. The maximum absolute atomic E-state index is 11.9. The van der Waals surface area contributed by atoms with Gasteiger partial charge in [0, 0.05) is 11.1 Å². The average Bonchev–Trinajstić information content (AvgIpc) is 3.16. The molecule has 10 nitrogen and oxygen atoms in total. The molecular weight excluding hydrogens is 356 g/mol. The Kier molecular flexibility index (Phi) is 5.06. The number of carbonyl (C=O) groups is 1. The van der Waals surface area contributed by atoms with Crippen molar-refractivity contribution in [2.24, 2.45) is 0 Å². The molecule has 0 aliphatic carbocycles. The molecule has 1 aromatic carbocycles. The highest BCUT2D eigenvalue weighted by Crippen LogP contribution is 2.33. The van der Waals surface area contributed by atoms with Crippen molar-refractivity contribution in [1.82, 2.24) is 19.9 Å². The van der Waals surface area contributed by atoms with Crippen LogP contribution < -0.4 is 19.0 Å². The monoisotopic (exact) mass is 372 g/mol. The minimum Gasteiger partial charge on any atom is -0.481 e. The lowest BCUT2D eigenvalue weighted by Gasteiger charge is -2.12. The Balaban J connectivity index is 2.06. The van der Waals surface area contributed by atoms with E-state index in [-0.39, 0.29) is 29.1 Å². The summed E-state index contributed by atoms with van der Waals surface area (Å²) in [5.41, 5.74) is 0.876. The van der Waals surface area contributed by atoms with Crippen LogP contribution in [0.5, 0.6) is 23.5 Å². The Morgan fingerprint density at radius 3 is 2.37 bits per heavy atom. The van der Waals surface area contributed by atoms with Crippen LogP contribution in [0, 0.1) is 0 Å². The molecule has 2 aromatic heterocycles. The second-order valence-electron chi connectivity index (χ2n) is 5.14. The summed E-state index contributed by atoms with van der Waals surface area (Å²) in [5, 5.41) is 13.7. The summed E-state index contributed by atoms with van der Waals surface area (Å²) in [7, 11) is 4.31. The molecule has 0 fully saturated rings. The van der Waals surface area contributed by atoms with E-state index in [1.807, 2.05) is 0 Å². The fraction of sp³-hybridized carbons (Fsp3) is 0.176. The molecule has 0 saturated heterocycles. The van der Waals surface area contributed by atoms with Crippen LogP contribution in [0.4, 0.5) is 0 Å². The predicted octanol–water partition coefficient (Wildman–Crippen LogP) is 1.91. The Morgan fingerprint density at radius 1 is 1.11 bits per heavy atom. The summed E-state index contributed by atoms with van der Waals surface area (Å²) < 4.78 is 15.8. The van der Waals surface area contributed by atoms with Gasteiger partial charge in [-0.05, 0) is 6.07 Å². The van der Waals surface area contributed by atoms with E-state index in [4.69, 9.17) is 19.0 Å². The van der Waals surface area contributed by atoms with Gasteiger partial charge in [0.05, 0.1) is 32.7 Å². The van der Waals surface area contributed by atoms with E-state index < -0.39 is 5.97 Å². The lowest BCUT2D eigenvalue weighted by atomic mass is 10.0. The van der Waals surface area contributed by atoms with Gasteiger partial charge in [0.15, 0.2) is 0 Å². The van der Waals surface area contributed by atoms with E-state index in [0.717, 1.165) is 0 Å². The molecule has 3 rings (SSSR count). The van der Waals surface area contributed by atoms with E-state index in [2.05, 4.69) is 15.1 Å². The van der Waals surface area contributed by atoms with Crippen molar-refractivity contribution in [3.05, 3.63) is 42.2 Å². The minimum absolute atomic E-state index is 0.0560. The molecule has 0 amide bonds.